The van der Waals surface area contributed by atoms with E-state index in [1.54, 1.807) is 0 Å². The fraction of sp³-hybridized carbons (Fsp3) is 0.625. The zero-order valence-electron chi connectivity index (χ0n) is 12.1. The smallest absolute Gasteiger partial charge is 0.286 e. The Balaban J connectivity index is 1.97. The third kappa shape index (κ3) is 3.79. The second kappa shape index (κ2) is 6.69. The van der Waals surface area contributed by atoms with Crippen LogP contribution in [0.4, 0.5) is 0 Å². The first-order valence-electron chi connectivity index (χ1n) is 7.53. The van der Waals surface area contributed by atoms with Gasteiger partial charge in [-0.2, -0.15) is 4.57 Å². The summed E-state index contributed by atoms with van der Waals surface area (Å²) in [5, 5.41) is 3.09. The number of nitrogens with one attached hydrogen (secondary N) is 1. The third-order valence-corrected chi connectivity index (χ3v) is 4.02. The molecule has 1 amide bonds. The second-order valence-electron chi connectivity index (χ2n) is 5.46. The Morgan fingerprint density at radius 1 is 1.26 bits per heavy atom. The molecule has 0 bridgehead atoms. The van der Waals surface area contributed by atoms with Crippen molar-refractivity contribution in [2.75, 3.05) is 0 Å². The number of nitrogens with zero attached hydrogens (tertiary/aromatic N) is 1. The van der Waals surface area contributed by atoms with Gasteiger partial charge >= 0.3 is 0 Å². The first-order valence-corrected chi connectivity index (χ1v) is 7.53. The van der Waals surface area contributed by atoms with Crippen LogP contribution in [0.25, 0.3) is 0 Å². The van der Waals surface area contributed by atoms with Gasteiger partial charge in [0.1, 0.15) is 0 Å². The summed E-state index contributed by atoms with van der Waals surface area (Å²) in [7, 11) is 0. The van der Waals surface area contributed by atoms with E-state index in [1.807, 2.05) is 10.8 Å². The summed E-state index contributed by atoms with van der Waals surface area (Å²) in [5.41, 5.74) is 2.88. The Morgan fingerprint density at radius 2 is 1.95 bits per heavy atom. The molecule has 19 heavy (non-hydrogen) atoms. The quantitative estimate of drug-likeness (QED) is 0.810. The predicted molar refractivity (Wildman–Crippen MR) is 75.8 cm³/mol. The molecule has 0 radical (unpaired) electrons. The summed E-state index contributed by atoms with van der Waals surface area (Å²) in [4.78, 5) is 12.0. The number of aryl methyl sites for hydroxylation is 2. The molecule has 1 aromatic heterocycles. The van der Waals surface area contributed by atoms with Crippen molar-refractivity contribution in [1.82, 2.24) is 5.32 Å². The highest BCUT2D eigenvalue weighted by molar-refractivity contribution is 5.74. The molecular weight excluding hydrogens is 236 g/mol. The van der Waals surface area contributed by atoms with Gasteiger partial charge in [-0.3, -0.25) is 4.79 Å². The molecule has 1 N–H and O–H groups in total. The standard InChI is InChI=1S/C16H24N2O/c1-3-15(4-2)17-16(19)12-18-10-9-13-7-5-6-8-14(13)11-18/h9-11,15H,3-8,12H2,1-2H3/p+1. The van der Waals surface area contributed by atoms with Crippen molar-refractivity contribution in [3.8, 4) is 0 Å². The van der Waals surface area contributed by atoms with Crippen LogP contribution in [-0.4, -0.2) is 11.9 Å². The molecule has 0 unspecified atom stereocenters. The number of hydrogen-bond acceptors (Lipinski definition) is 1. The average Bonchev–Trinajstić information content (AvgIpc) is 2.44. The van der Waals surface area contributed by atoms with Crippen LogP contribution in [0.3, 0.4) is 0 Å². The van der Waals surface area contributed by atoms with Gasteiger partial charge in [0, 0.05) is 17.7 Å². The molecule has 0 saturated heterocycles. The first-order chi connectivity index (χ1) is 9.22. The average molecular weight is 261 g/mol. The highest BCUT2D eigenvalue weighted by atomic mass is 16.2. The molecule has 3 heteroatoms. The lowest BCUT2D eigenvalue weighted by atomic mass is 9.93. The van der Waals surface area contributed by atoms with Gasteiger partial charge in [-0.05, 0) is 44.1 Å². The number of carbonyl (C=O) groups excluding carboxylic acids is 1. The summed E-state index contributed by atoms with van der Waals surface area (Å²) < 4.78 is 2.02. The van der Waals surface area contributed by atoms with E-state index in [2.05, 4.69) is 31.4 Å². The molecule has 104 valence electrons. The molecule has 1 aliphatic rings. The highest BCUT2D eigenvalue weighted by Crippen LogP contribution is 2.18. The van der Waals surface area contributed by atoms with E-state index in [9.17, 15) is 4.79 Å². The van der Waals surface area contributed by atoms with E-state index in [-0.39, 0.29) is 5.91 Å². The Kier molecular flexibility index (Phi) is 4.94. The topological polar surface area (TPSA) is 33.0 Å². The van der Waals surface area contributed by atoms with Gasteiger partial charge in [0.2, 0.25) is 6.54 Å². The summed E-state index contributed by atoms with van der Waals surface area (Å²) in [6.45, 7) is 4.66. The van der Waals surface area contributed by atoms with E-state index < -0.39 is 0 Å². The minimum Gasteiger partial charge on any atom is -0.348 e. The molecule has 0 atom stereocenters. The summed E-state index contributed by atoms with van der Waals surface area (Å²) in [6.07, 6.45) is 11.1. The normalized spacial score (nSPS) is 14.3. The van der Waals surface area contributed by atoms with Crippen molar-refractivity contribution in [3.05, 3.63) is 29.6 Å². The Hall–Kier alpha value is -1.38. The number of aromatic nitrogens is 1. The van der Waals surface area contributed by atoms with Crippen LogP contribution >= 0.6 is 0 Å². The number of fused-ring (bicyclic) bond motifs is 1. The number of carbonyl (C=O) groups is 1. The molecule has 1 heterocycles. The zero-order chi connectivity index (χ0) is 13.7. The van der Waals surface area contributed by atoms with Gasteiger partial charge in [-0.25, -0.2) is 0 Å². The largest absolute Gasteiger partial charge is 0.348 e. The van der Waals surface area contributed by atoms with Crippen LogP contribution in [0.2, 0.25) is 0 Å². The lowest BCUT2D eigenvalue weighted by Gasteiger charge is -2.15. The maximum atomic E-state index is 12.0. The second-order valence-corrected chi connectivity index (χ2v) is 5.46. The van der Waals surface area contributed by atoms with Crippen LogP contribution in [0.1, 0.15) is 50.7 Å². The maximum absolute atomic E-state index is 12.0. The number of rotatable bonds is 5. The van der Waals surface area contributed by atoms with Crippen LogP contribution < -0.4 is 9.88 Å². The number of pyridine rings is 1. The molecular formula is C16H25N2O+. The molecule has 2 rings (SSSR count). The van der Waals surface area contributed by atoms with Gasteiger partial charge in [-0.1, -0.05) is 13.8 Å². The van der Waals surface area contributed by atoms with Gasteiger partial charge in [-0.15, -0.1) is 0 Å². The van der Waals surface area contributed by atoms with E-state index in [1.165, 1.54) is 30.4 Å². The Morgan fingerprint density at radius 3 is 2.63 bits per heavy atom. The SMILES string of the molecule is CCC(CC)NC(=O)C[n+]1ccc2c(c1)CCCC2. The maximum Gasteiger partial charge on any atom is 0.286 e. The van der Waals surface area contributed by atoms with Gasteiger partial charge in [0.25, 0.3) is 5.91 Å². The van der Waals surface area contributed by atoms with Crippen molar-refractivity contribution in [1.29, 1.82) is 0 Å². The number of hydrogen-bond donors (Lipinski definition) is 1. The summed E-state index contributed by atoms with van der Waals surface area (Å²) >= 11 is 0. The van der Waals surface area contributed by atoms with Gasteiger partial charge < -0.3 is 5.32 Å². The van der Waals surface area contributed by atoms with Crippen molar-refractivity contribution >= 4 is 5.91 Å². The van der Waals surface area contributed by atoms with Crippen LogP contribution in [0.15, 0.2) is 18.5 Å². The molecule has 1 aliphatic carbocycles. The zero-order valence-corrected chi connectivity index (χ0v) is 12.1. The minimum atomic E-state index is 0.120. The van der Waals surface area contributed by atoms with Gasteiger partial charge in [0.05, 0.1) is 0 Å². The fourth-order valence-electron chi connectivity index (χ4n) is 2.75. The molecule has 0 saturated carbocycles. The fourth-order valence-corrected chi connectivity index (χ4v) is 2.75. The molecule has 0 aliphatic heterocycles. The van der Waals surface area contributed by atoms with Crippen molar-refractivity contribution < 1.29 is 9.36 Å². The lowest BCUT2D eigenvalue weighted by Crippen LogP contribution is -2.45. The highest BCUT2D eigenvalue weighted by Gasteiger charge is 2.16. The van der Waals surface area contributed by atoms with Crippen molar-refractivity contribution in [2.45, 2.75) is 65.0 Å². The van der Waals surface area contributed by atoms with E-state index in [0.29, 0.717) is 12.6 Å². The Labute approximate surface area is 116 Å². The third-order valence-electron chi connectivity index (χ3n) is 4.02. The van der Waals surface area contributed by atoms with Crippen LogP contribution in [0, 0.1) is 0 Å². The molecule has 0 aromatic carbocycles. The lowest BCUT2D eigenvalue weighted by molar-refractivity contribution is -0.685. The molecule has 1 aromatic rings. The van der Waals surface area contributed by atoms with Gasteiger partial charge in [0.15, 0.2) is 12.4 Å². The van der Waals surface area contributed by atoms with E-state index >= 15 is 0 Å². The molecule has 0 fully saturated rings. The number of amides is 1. The van der Waals surface area contributed by atoms with E-state index in [4.69, 9.17) is 0 Å². The van der Waals surface area contributed by atoms with E-state index in [0.717, 1.165) is 19.3 Å². The minimum absolute atomic E-state index is 0.120. The van der Waals surface area contributed by atoms with Crippen molar-refractivity contribution in [3.63, 3.8) is 0 Å². The van der Waals surface area contributed by atoms with Crippen LogP contribution in [-0.2, 0) is 24.2 Å². The first kappa shape index (κ1) is 14.0. The monoisotopic (exact) mass is 261 g/mol. The predicted octanol–water partition coefficient (Wildman–Crippen LogP) is 2.16. The molecule has 0 spiro atoms. The Bertz CT molecular complexity index is 438. The van der Waals surface area contributed by atoms with Crippen molar-refractivity contribution in [2.24, 2.45) is 0 Å². The molecule has 3 nitrogen and oxygen atoms in total. The summed E-state index contributed by atoms with van der Waals surface area (Å²) in [5.74, 6) is 0.120. The summed E-state index contributed by atoms with van der Waals surface area (Å²) in [6, 6.07) is 2.49. The van der Waals surface area contributed by atoms with Crippen LogP contribution in [0.5, 0.6) is 0 Å².